The lowest BCUT2D eigenvalue weighted by molar-refractivity contribution is -0.383. The Bertz CT molecular complexity index is 895. The Morgan fingerprint density at radius 3 is 2.50 bits per heavy atom. The normalized spacial score (nSPS) is 12.7. The summed E-state index contributed by atoms with van der Waals surface area (Å²) in [4.78, 5) is 14.0. The molecule has 2 rings (SSSR count). The van der Waals surface area contributed by atoms with Crippen LogP contribution in [-0.2, 0) is 17.2 Å². The number of benzene rings is 1. The van der Waals surface area contributed by atoms with E-state index < -0.39 is 23.7 Å². The molecular formula is C14H11ClF3N2O4PS. The molecule has 0 saturated heterocycles. The van der Waals surface area contributed by atoms with Crippen molar-refractivity contribution in [3.63, 3.8) is 0 Å². The molecule has 0 amide bonds. The largest absolute Gasteiger partial charge is 0.437 e. The molecule has 26 heavy (non-hydrogen) atoms. The van der Waals surface area contributed by atoms with Gasteiger partial charge in [-0.05, 0) is 18.6 Å². The summed E-state index contributed by atoms with van der Waals surface area (Å²) < 4.78 is 55.1. The van der Waals surface area contributed by atoms with Gasteiger partial charge in [0.1, 0.15) is 10.8 Å². The van der Waals surface area contributed by atoms with Gasteiger partial charge in [0.25, 0.3) is 5.69 Å². The molecule has 2 aromatic rings. The number of thiol groups is 1. The van der Waals surface area contributed by atoms with E-state index in [4.69, 9.17) is 16.3 Å². The van der Waals surface area contributed by atoms with Gasteiger partial charge in [-0.2, -0.15) is 13.2 Å². The molecule has 0 aliphatic rings. The number of hydrogen-bond donors (Lipinski definition) is 1. The maximum atomic E-state index is 12.7. The van der Waals surface area contributed by atoms with Crippen LogP contribution in [0, 0.1) is 10.1 Å². The van der Waals surface area contributed by atoms with E-state index in [0.717, 1.165) is 0 Å². The molecule has 0 bridgehead atoms. The number of ether oxygens (including phenoxy) is 1. The Hall–Kier alpha value is -1.77. The van der Waals surface area contributed by atoms with E-state index in [-0.39, 0.29) is 27.6 Å². The Kier molecular flexibility index (Phi) is 6.21. The van der Waals surface area contributed by atoms with Gasteiger partial charge in [-0.15, -0.1) is 12.2 Å². The highest BCUT2D eigenvalue weighted by Crippen LogP contribution is 2.38. The summed E-state index contributed by atoms with van der Waals surface area (Å²) in [5.41, 5.74) is -1.05. The van der Waals surface area contributed by atoms with Gasteiger partial charge in [-0.3, -0.25) is 10.1 Å². The topological polar surface area (TPSA) is 82.3 Å². The molecule has 1 unspecified atom stereocenters. The monoisotopic (exact) mass is 426 g/mol. The molecule has 1 atom stereocenters. The van der Waals surface area contributed by atoms with Crippen LogP contribution in [0.4, 0.5) is 18.9 Å². The zero-order valence-electron chi connectivity index (χ0n) is 13.0. The molecular weight excluding hydrogens is 416 g/mol. The van der Waals surface area contributed by atoms with Gasteiger partial charge >= 0.3 is 6.18 Å². The average Bonchev–Trinajstić information content (AvgIpc) is 2.54. The van der Waals surface area contributed by atoms with Crippen LogP contribution in [-0.4, -0.2) is 9.91 Å². The van der Waals surface area contributed by atoms with Crippen molar-refractivity contribution in [2.24, 2.45) is 0 Å². The third-order valence-corrected chi connectivity index (χ3v) is 5.18. The van der Waals surface area contributed by atoms with E-state index in [1.165, 1.54) is 12.1 Å². The molecule has 0 spiro atoms. The number of halogens is 4. The van der Waals surface area contributed by atoms with Crippen LogP contribution in [0.3, 0.4) is 0 Å². The highest BCUT2D eigenvalue weighted by molar-refractivity contribution is 8.43. The molecule has 0 radical (unpaired) electrons. The molecule has 1 aromatic heterocycles. The second-order valence-corrected chi connectivity index (χ2v) is 7.78. The molecule has 140 valence electrons. The molecule has 12 heteroatoms. The Morgan fingerprint density at radius 2 is 2.04 bits per heavy atom. The number of aromatic nitrogens is 1. The molecule has 0 N–H and O–H groups in total. The number of nitrogens with zero attached hydrogens (tertiary/aromatic N) is 2. The predicted octanol–water partition coefficient (Wildman–Crippen LogP) is 5.05. The first-order valence-corrected chi connectivity index (χ1v) is 10.1. The quantitative estimate of drug-likeness (QED) is 0.313. The van der Waals surface area contributed by atoms with Crippen LogP contribution in [0.5, 0.6) is 11.6 Å². The highest BCUT2D eigenvalue weighted by atomic mass is 35.5. The lowest BCUT2D eigenvalue weighted by Gasteiger charge is -2.13. The molecule has 6 nitrogen and oxygen atoms in total. The van der Waals surface area contributed by atoms with Crippen LogP contribution in [0.25, 0.3) is 0 Å². The number of alkyl halides is 3. The second kappa shape index (κ2) is 7.85. The van der Waals surface area contributed by atoms with Crippen molar-refractivity contribution < 1.29 is 27.4 Å². The standard InChI is InChI=1S/C14H11ClF3N2O4PS/c1-2-7-3-10(20(21)22)12(25(23)26)5-11(7)24-13-9(15)4-8(6-19-13)14(16,17)18/h3-6,25H,2H2,1H3,(H,23,26). The number of rotatable bonds is 5. The average molecular weight is 427 g/mol. The van der Waals surface area contributed by atoms with Crippen molar-refractivity contribution in [2.75, 3.05) is 0 Å². The summed E-state index contributed by atoms with van der Waals surface area (Å²) in [7, 11) is -2.74. The summed E-state index contributed by atoms with van der Waals surface area (Å²) in [5.74, 6) is -0.261. The first-order valence-electron chi connectivity index (χ1n) is 6.99. The number of aryl methyl sites for hydroxylation is 1. The third-order valence-electron chi connectivity index (χ3n) is 3.33. The number of hydrogen-bond acceptors (Lipinski definition) is 5. The van der Waals surface area contributed by atoms with Gasteiger partial charge in [-0.1, -0.05) is 18.5 Å². The van der Waals surface area contributed by atoms with Crippen LogP contribution in [0.1, 0.15) is 18.1 Å². The number of pyridine rings is 1. The zero-order valence-corrected chi connectivity index (χ0v) is 15.7. The minimum absolute atomic E-state index is 0.0506. The molecule has 0 saturated carbocycles. The van der Waals surface area contributed by atoms with E-state index in [1.54, 1.807) is 6.92 Å². The van der Waals surface area contributed by atoms with Gasteiger partial charge in [0.05, 0.1) is 15.8 Å². The molecule has 0 fully saturated rings. The number of nitro benzene ring substituents is 1. The zero-order chi connectivity index (χ0) is 19.6. The Balaban J connectivity index is 2.51. The van der Waals surface area contributed by atoms with Crippen LogP contribution < -0.4 is 10.0 Å². The van der Waals surface area contributed by atoms with Gasteiger partial charge in [0, 0.05) is 17.8 Å². The molecule has 1 aromatic carbocycles. The smallest absolute Gasteiger partial charge is 0.417 e. The van der Waals surface area contributed by atoms with Crippen molar-refractivity contribution >= 4 is 41.8 Å². The van der Waals surface area contributed by atoms with E-state index in [1.807, 2.05) is 0 Å². The summed E-state index contributed by atoms with van der Waals surface area (Å²) in [5, 5.41) is 10.6. The van der Waals surface area contributed by atoms with Crippen molar-refractivity contribution in [1.29, 1.82) is 0 Å². The Labute approximate surface area is 156 Å². The maximum absolute atomic E-state index is 12.7. The fourth-order valence-corrected chi connectivity index (χ4v) is 3.44. The van der Waals surface area contributed by atoms with Crippen LogP contribution in [0.2, 0.25) is 5.02 Å². The lowest BCUT2D eigenvalue weighted by atomic mass is 10.1. The lowest BCUT2D eigenvalue weighted by Crippen LogP contribution is -2.08. The van der Waals surface area contributed by atoms with Gasteiger partial charge in [-0.25, -0.2) is 4.98 Å². The molecule has 0 aliphatic heterocycles. The van der Waals surface area contributed by atoms with Gasteiger partial charge < -0.3 is 9.30 Å². The fraction of sp³-hybridized carbons (Fsp3) is 0.214. The van der Waals surface area contributed by atoms with Gasteiger partial charge in [0.15, 0.2) is 7.00 Å². The maximum Gasteiger partial charge on any atom is 0.417 e. The van der Waals surface area contributed by atoms with E-state index in [9.17, 15) is 27.9 Å². The second-order valence-electron chi connectivity index (χ2n) is 5.00. The van der Waals surface area contributed by atoms with Crippen LogP contribution in [0.15, 0.2) is 24.4 Å². The third kappa shape index (κ3) is 4.49. The van der Waals surface area contributed by atoms with Crippen LogP contribution >= 0.6 is 30.9 Å². The van der Waals surface area contributed by atoms with Crippen molar-refractivity contribution in [3.8, 4) is 11.6 Å². The SMILES string of the molecule is CCc1cc([N+](=O)[O-])c([PH](=O)S)cc1Oc1ncc(C(F)(F)F)cc1Cl. The predicted molar refractivity (Wildman–Crippen MR) is 94.4 cm³/mol. The van der Waals surface area contributed by atoms with E-state index in [0.29, 0.717) is 24.2 Å². The summed E-state index contributed by atoms with van der Waals surface area (Å²) in [6, 6.07) is 3.01. The van der Waals surface area contributed by atoms with Crippen molar-refractivity contribution in [2.45, 2.75) is 19.5 Å². The minimum atomic E-state index is -4.61. The van der Waals surface area contributed by atoms with Crippen molar-refractivity contribution in [1.82, 2.24) is 4.98 Å². The van der Waals surface area contributed by atoms with E-state index in [2.05, 4.69) is 17.2 Å². The molecule has 0 aliphatic carbocycles. The first kappa shape index (κ1) is 20.5. The fourth-order valence-electron chi connectivity index (χ4n) is 2.06. The Morgan fingerprint density at radius 1 is 1.38 bits per heavy atom. The van der Waals surface area contributed by atoms with E-state index >= 15 is 0 Å². The summed E-state index contributed by atoms with van der Waals surface area (Å²) >= 11 is 9.57. The first-order chi connectivity index (χ1) is 12.0. The molecule has 1 heterocycles. The van der Waals surface area contributed by atoms with Gasteiger partial charge in [0.2, 0.25) is 5.88 Å². The highest BCUT2D eigenvalue weighted by Gasteiger charge is 2.32. The van der Waals surface area contributed by atoms with Crippen molar-refractivity contribution in [3.05, 3.63) is 50.7 Å². The summed E-state index contributed by atoms with van der Waals surface area (Å²) in [6.45, 7) is 1.69. The minimum Gasteiger partial charge on any atom is -0.437 e. The summed E-state index contributed by atoms with van der Waals surface area (Å²) in [6.07, 6.45) is -3.75. The number of nitro groups is 1.